The molecule has 1 amide bonds. The number of nitrogens with one attached hydrogen (secondary N) is 1. The Hall–Kier alpha value is -3.85. The number of aromatic amines is 1. The number of carbonyl (C=O) groups excluding carboxylic acids is 1. The second-order valence-electron chi connectivity index (χ2n) is 7.12. The first-order valence-electron chi connectivity index (χ1n) is 9.58. The highest BCUT2D eigenvalue weighted by Crippen LogP contribution is 2.31. The summed E-state index contributed by atoms with van der Waals surface area (Å²) in [4.78, 5) is 19.0. The highest BCUT2D eigenvalue weighted by Gasteiger charge is 2.30. The lowest BCUT2D eigenvalue weighted by molar-refractivity contribution is -0.137. The number of ether oxygens (including phenoxy) is 1. The van der Waals surface area contributed by atoms with E-state index in [9.17, 15) is 23.1 Å². The van der Waals surface area contributed by atoms with Crippen LogP contribution in [0.5, 0.6) is 5.75 Å². The number of hydrogen-bond acceptors (Lipinski definition) is 4. The Balaban J connectivity index is 1.55. The van der Waals surface area contributed by atoms with Crippen LogP contribution in [0.3, 0.4) is 0 Å². The molecule has 0 spiro atoms. The normalized spacial score (nSPS) is 12.6. The Morgan fingerprint density at radius 3 is 2.50 bits per heavy atom. The SMILES string of the molecule is NC(=O)C(O)c1ccccc1-c1ccc2[nH]c(COc3ccc(C(F)(F)F)cc3)nc2c1. The van der Waals surface area contributed by atoms with E-state index in [0.717, 1.165) is 23.2 Å². The average molecular weight is 441 g/mol. The molecule has 1 unspecified atom stereocenters. The third-order valence-electron chi connectivity index (χ3n) is 4.93. The molecule has 3 aromatic carbocycles. The van der Waals surface area contributed by atoms with E-state index in [1.54, 1.807) is 36.4 Å². The van der Waals surface area contributed by atoms with Crippen molar-refractivity contribution < 1.29 is 27.8 Å². The molecule has 1 atom stereocenters. The van der Waals surface area contributed by atoms with Crippen LogP contribution in [0.4, 0.5) is 13.2 Å². The van der Waals surface area contributed by atoms with E-state index < -0.39 is 23.8 Å². The van der Waals surface area contributed by atoms with Crippen molar-refractivity contribution >= 4 is 16.9 Å². The topological polar surface area (TPSA) is 101 Å². The molecular formula is C23H18F3N3O3. The van der Waals surface area contributed by atoms with Crippen LogP contribution < -0.4 is 10.5 Å². The lowest BCUT2D eigenvalue weighted by Gasteiger charge is -2.13. The molecule has 0 saturated carbocycles. The van der Waals surface area contributed by atoms with Gasteiger partial charge in [0, 0.05) is 0 Å². The van der Waals surface area contributed by atoms with Crippen molar-refractivity contribution in [2.75, 3.05) is 0 Å². The van der Waals surface area contributed by atoms with Crippen LogP contribution in [0.2, 0.25) is 0 Å². The summed E-state index contributed by atoms with van der Waals surface area (Å²) in [6, 6.07) is 16.7. The molecule has 0 aliphatic carbocycles. The molecular weight excluding hydrogens is 423 g/mol. The number of primary amides is 1. The number of fused-ring (bicyclic) bond motifs is 1. The number of carbonyl (C=O) groups is 1. The molecule has 1 heterocycles. The Kier molecular flexibility index (Phi) is 5.58. The molecule has 32 heavy (non-hydrogen) atoms. The van der Waals surface area contributed by atoms with Gasteiger partial charge in [-0.3, -0.25) is 4.79 Å². The van der Waals surface area contributed by atoms with Gasteiger partial charge in [-0.25, -0.2) is 4.98 Å². The van der Waals surface area contributed by atoms with Gasteiger partial charge < -0.3 is 20.6 Å². The number of nitrogens with two attached hydrogens (primary N) is 1. The third-order valence-corrected chi connectivity index (χ3v) is 4.93. The van der Waals surface area contributed by atoms with Crippen LogP contribution >= 0.6 is 0 Å². The lowest BCUT2D eigenvalue weighted by atomic mass is 9.95. The van der Waals surface area contributed by atoms with E-state index >= 15 is 0 Å². The average Bonchev–Trinajstić information content (AvgIpc) is 3.19. The number of rotatable bonds is 6. The molecule has 4 rings (SSSR count). The summed E-state index contributed by atoms with van der Waals surface area (Å²) >= 11 is 0. The zero-order valence-electron chi connectivity index (χ0n) is 16.6. The minimum absolute atomic E-state index is 0.0341. The number of benzene rings is 3. The monoisotopic (exact) mass is 441 g/mol. The number of imidazole rings is 1. The summed E-state index contributed by atoms with van der Waals surface area (Å²) in [6.45, 7) is 0.0341. The highest BCUT2D eigenvalue weighted by atomic mass is 19.4. The van der Waals surface area contributed by atoms with Gasteiger partial charge in [-0.2, -0.15) is 13.2 Å². The fraction of sp³-hybridized carbons (Fsp3) is 0.130. The quantitative estimate of drug-likeness (QED) is 0.414. The van der Waals surface area contributed by atoms with Crippen molar-refractivity contribution in [3.63, 3.8) is 0 Å². The summed E-state index contributed by atoms with van der Waals surface area (Å²) in [5.41, 5.74) is 7.61. The molecule has 164 valence electrons. The maximum Gasteiger partial charge on any atom is 0.416 e. The Bertz CT molecular complexity index is 1270. The molecule has 1 aromatic heterocycles. The minimum Gasteiger partial charge on any atom is -0.486 e. The summed E-state index contributed by atoms with van der Waals surface area (Å²) in [5, 5.41) is 10.1. The second-order valence-corrected chi connectivity index (χ2v) is 7.12. The van der Waals surface area contributed by atoms with E-state index in [4.69, 9.17) is 10.5 Å². The maximum atomic E-state index is 12.7. The van der Waals surface area contributed by atoms with Gasteiger partial charge in [-0.1, -0.05) is 30.3 Å². The molecule has 0 fully saturated rings. The fourth-order valence-corrected chi connectivity index (χ4v) is 3.34. The number of nitrogens with zero attached hydrogens (tertiary/aromatic N) is 1. The summed E-state index contributed by atoms with van der Waals surface area (Å²) < 4.78 is 43.5. The van der Waals surface area contributed by atoms with E-state index in [1.807, 2.05) is 6.07 Å². The molecule has 4 aromatic rings. The van der Waals surface area contributed by atoms with Crippen LogP contribution in [0.25, 0.3) is 22.2 Å². The van der Waals surface area contributed by atoms with Crippen LogP contribution in [0.15, 0.2) is 66.7 Å². The number of halogens is 3. The number of aromatic nitrogens is 2. The van der Waals surface area contributed by atoms with Crippen LogP contribution in [0, 0.1) is 0 Å². The van der Waals surface area contributed by atoms with Crippen LogP contribution in [-0.4, -0.2) is 21.0 Å². The molecule has 9 heteroatoms. The Morgan fingerprint density at radius 1 is 1.09 bits per heavy atom. The zero-order valence-corrected chi connectivity index (χ0v) is 16.6. The minimum atomic E-state index is -4.40. The van der Waals surface area contributed by atoms with Crippen molar-refractivity contribution in [1.82, 2.24) is 9.97 Å². The second kappa shape index (κ2) is 8.35. The van der Waals surface area contributed by atoms with E-state index in [1.165, 1.54) is 12.1 Å². The number of alkyl halides is 3. The third kappa shape index (κ3) is 4.42. The lowest BCUT2D eigenvalue weighted by Crippen LogP contribution is -2.21. The smallest absolute Gasteiger partial charge is 0.416 e. The first-order chi connectivity index (χ1) is 15.2. The van der Waals surface area contributed by atoms with Crippen molar-refractivity contribution in [1.29, 1.82) is 0 Å². The van der Waals surface area contributed by atoms with Crippen molar-refractivity contribution in [3.05, 3.63) is 83.7 Å². The first kappa shape index (κ1) is 21.4. The van der Waals surface area contributed by atoms with Crippen LogP contribution in [-0.2, 0) is 17.6 Å². The Labute approximate surface area is 180 Å². The predicted octanol–water partition coefficient (Wildman–Crippen LogP) is 4.35. The van der Waals surface area contributed by atoms with Gasteiger partial charge in [0.15, 0.2) is 6.10 Å². The number of aliphatic hydroxyl groups is 1. The molecule has 0 aliphatic heterocycles. The van der Waals surface area contributed by atoms with Crippen molar-refractivity contribution in [3.8, 4) is 16.9 Å². The standard InChI is InChI=1S/C23H18F3N3O3/c24-23(25,26)14-6-8-15(9-7-14)32-12-20-28-18-10-5-13(11-19(18)29-20)16-3-1-2-4-17(16)21(30)22(27)31/h1-11,21,30H,12H2,(H2,27,31)(H,28,29). The van der Waals surface area contributed by atoms with Gasteiger partial charge in [0.25, 0.3) is 5.91 Å². The number of amides is 1. The largest absolute Gasteiger partial charge is 0.486 e. The molecule has 0 radical (unpaired) electrons. The van der Waals surface area contributed by atoms with Gasteiger partial charge >= 0.3 is 6.18 Å². The first-order valence-corrected chi connectivity index (χ1v) is 9.58. The van der Waals surface area contributed by atoms with Gasteiger partial charge in [0.05, 0.1) is 16.6 Å². The number of aliphatic hydroxyl groups excluding tert-OH is 1. The summed E-state index contributed by atoms with van der Waals surface area (Å²) in [7, 11) is 0. The molecule has 4 N–H and O–H groups in total. The van der Waals surface area contributed by atoms with Crippen LogP contribution in [0.1, 0.15) is 23.1 Å². The fourth-order valence-electron chi connectivity index (χ4n) is 3.34. The van der Waals surface area contributed by atoms with Crippen molar-refractivity contribution in [2.24, 2.45) is 5.73 Å². The molecule has 6 nitrogen and oxygen atoms in total. The zero-order chi connectivity index (χ0) is 22.9. The van der Waals surface area contributed by atoms with E-state index in [-0.39, 0.29) is 12.4 Å². The maximum absolute atomic E-state index is 12.7. The summed E-state index contributed by atoms with van der Waals surface area (Å²) in [6.07, 6.45) is -5.84. The van der Waals surface area contributed by atoms with Gasteiger partial charge in [-0.05, 0) is 53.1 Å². The molecule has 0 bridgehead atoms. The number of hydrogen-bond donors (Lipinski definition) is 3. The highest BCUT2D eigenvalue weighted by molar-refractivity contribution is 5.86. The summed E-state index contributed by atoms with van der Waals surface area (Å²) in [5.74, 6) is -0.0722. The van der Waals surface area contributed by atoms with E-state index in [0.29, 0.717) is 22.5 Å². The van der Waals surface area contributed by atoms with Gasteiger partial charge in [0.1, 0.15) is 18.2 Å². The number of H-pyrrole nitrogens is 1. The van der Waals surface area contributed by atoms with Gasteiger partial charge in [0.2, 0.25) is 0 Å². The van der Waals surface area contributed by atoms with Crippen molar-refractivity contribution in [2.45, 2.75) is 18.9 Å². The van der Waals surface area contributed by atoms with E-state index in [2.05, 4.69) is 9.97 Å². The molecule has 0 saturated heterocycles. The predicted molar refractivity (Wildman–Crippen MR) is 111 cm³/mol. The Morgan fingerprint density at radius 2 is 1.81 bits per heavy atom. The van der Waals surface area contributed by atoms with Gasteiger partial charge in [-0.15, -0.1) is 0 Å². The molecule has 0 aliphatic rings.